The number of amides is 1. The highest BCUT2D eigenvalue weighted by Gasteiger charge is 2.24. The molecule has 0 fully saturated rings. The fourth-order valence-corrected chi connectivity index (χ4v) is 4.05. The number of rotatable bonds is 4. The molecule has 3 aromatic rings. The van der Waals surface area contributed by atoms with Gasteiger partial charge in [-0.15, -0.1) is 0 Å². The first-order valence-electron chi connectivity index (χ1n) is 8.19. The van der Waals surface area contributed by atoms with Crippen LogP contribution >= 0.6 is 23.4 Å². The number of carbonyl (C=O) groups is 1. The van der Waals surface area contributed by atoms with Crippen LogP contribution in [-0.2, 0) is 16.3 Å². The summed E-state index contributed by atoms with van der Waals surface area (Å²) in [5, 5.41) is 8.30. The lowest BCUT2D eigenvalue weighted by Gasteiger charge is -2.10. The molecule has 2 heterocycles. The fourth-order valence-electron chi connectivity index (χ4n) is 2.83. The summed E-state index contributed by atoms with van der Waals surface area (Å²) in [4.78, 5) is 12.5. The van der Waals surface area contributed by atoms with Crippen LogP contribution in [0.5, 0.6) is 0 Å². The number of hydrogen-bond acceptors (Lipinski definition) is 3. The first-order valence-corrected chi connectivity index (χ1v) is 9.72. The molecule has 1 aliphatic rings. The second-order valence-corrected chi connectivity index (χ2v) is 7.31. The number of hydrogen-bond donors (Lipinski definition) is 1. The van der Waals surface area contributed by atoms with Crippen molar-refractivity contribution in [1.29, 1.82) is 0 Å². The molecule has 0 aliphatic carbocycles. The molecule has 26 heavy (non-hydrogen) atoms. The van der Waals surface area contributed by atoms with Crippen molar-refractivity contribution in [2.45, 2.75) is 11.5 Å². The Morgan fingerprint density at radius 1 is 1.15 bits per heavy atom. The van der Waals surface area contributed by atoms with E-state index in [0.29, 0.717) is 5.02 Å². The number of nitrogens with one attached hydrogen (secondary N) is 1. The van der Waals surface area contributed by atoms with Crippen LogP contribution in [0.3, 0.4) is 0 Å². The van der Waals surface area contributed by atoms with E-state index in [1.165, 1.54) is 0 Å². The summed E-state index contributed by atoms with van der Waals surface area (Å²) < 4.78 is 1.77. The molecule has 0 spiro atoms. The fraction of sp³-hybridized carbons (Fsp3) is 0.100. The number of halogens is 1. The Bertz CT molecular complexity index is 982. The van der Waals surface area contributed by atoms with Crippen molar-refractivity contribution in [3.63, 3.8) is 0 Å². The summed E-state index contributed by atoms with van der Waals surface area (Å²) >= 11 is 7.92. The van der Waals surface area contributed by atoms with Gasteiger partial charge in [0.15, 0.2) is 0 Å². The van der Waals surface area contributed by atoms with Crippen LogP contribution in [0.25, 0.3) is 11.8 Å². The molecule has 6 heteroatoms. The average Bonchev–Trinajstić information content (AvgIpc) is 3.24. The van der Waals surface area contributed by atoms with E-state index in [9.17, 15) is 4.79 Å². The number of anilines is 1. The molecule has 130 valence electrons. The number of fused-ring (bicyclic) bond motifs is 1. The van der Waals surface area contributed by atoms with Crippen LogP contribution in [0.4, 0.5) is 5.82 Å². The van der Waals surface area contributed by atoms with Crippen LogP contribution in [0.2, 0.25) is 5.02 Å². The lowest BCUT2D eigenvalue weighted by molar-refractivity contribution is -0.111. The minimum absolute atomic E-state index is 0.184. The van der Waals surface area contributed by atoms with Gasteiger partial charge in [0.05, 0.1) is 11.4 Å². The van der Waals surface area contributed by atoms with Crippen LogP contribution < -0.4 is 5.32 Å². The maximum atomic E-state index is 12.5. The molecular formula is C20H16ClN3OS. The van der Waals surface area contributed by atoms with E-state index in [1.807, 2.05) is 54.6 Å². The molecule has 1 aromatic heterocycles. The molecule has 0 unspecified atom stereocenters. The Labute approximate surface area is 160 Å². The number of benzene rings is 2. The van der Waals surface area contributed by atoms with Crippen molar-refractivity contribution in [3.05, 3.63) is 82.5 Å². The Morgan fingerprint density at radius 2 is 2.00 bits per heavy atom. The molecule has 0 bridgehead atoms. The average molecular weight is 382 g/mol. The predicted octanol–water partition coefficient (Wildman–Crippen LogP) is 4.92. The summed E-state index contributed by atoms with van der Waals surface area (Å²) in [6.07, 6.45) is 3.34. The Kier molecular flexibility index (Phi) is 4.82. The molecule has 1 aliphatic heterocycles. The number of aromatic nitrogens is 2. The van der Waals surface area contributed by atoms with E-state index >= 15 is 0 Å². The first kappa shape index (κ1) is 16.9. The summed E-state index contributed by atoms with van der Waals surface area (Å²) in [6, 6.07) is 17.2. The SMILES string of the molecule is O=C(C=Cc1ccccc1)Nc1c2c(nn1-c1cccc(Cl)c1)CSC2. The van der Waals surface area contributed by atoms with Gasteiger partial charge in [-0.1, -0.05) is 48.0 Å². The van der Waals surface area contributed by atoms with E-state index < -0.39 is 0 Å². The van der Waals surface area contributed by atoms with Crippen molar-refractivity contribution >= 4 is 41.2 Å². The largest absolute Gasteiger partial charge is 0.307 e. The summed E-state index contributed by atoms with van der Waals surface area (Å²) in [5.41, 5.74) is 3.90. The van der Waals surface area contributed by atoms with Gasteiger partial charge in [-0.25, -0.2) is 4.68 Å². The van der Waals surface area contributed by atoms with E-state index in [2.05, 4.69) is 10.4 Å². The standard InChI is InChI=1S/C20H16ClN3OS/c21-15-7-4-8-16(11-15)24-20(17-12-26-13-18(17)23-24)22-19(25)10-9-14-5-2-1-3-6-14/h1-11H,12-13H2,(H,22,25). The molecular weight excluding hydrogens is 366 g/mol. The zero-order chi connectivity index (χ0) is 17.9. The lowest BCUT2D eigenvalue weighted by atomic mass is 10.2. The van der Waals surface area contributed by atoms with Crippen molar-refractivity contribution in [2.75, 3.05) is 5.32 Å². The van der Waals surface area contributed by atoms with Crippen LogP contribution in [0.15, 0.2) is 60.7 Å². The van der Waals surface area contributed by atoms with Gasteiger partial charge >= 0.3 is 0 Å². The number of thioether (sulfide) groups is 1. The third-order valence-electron chi connectivity index (χ3n) is 4.07. The molecule has 0 atom stereocenters. The van der Waals surface area contributed by atoms with Gasteiger partial charge in [0.1, 0.15) is 5.82 Å². The van der Waals surface area contributed by atoms with E-state index in [-0.39, 0.29) is 5.91 Å². The monoisotopic (exact) mass is 381 g/mol. The highest BCUT2D eigenvalue weighted by molar-refractivity contribution is 7.98. The molecule has 0 radical (unpaired) electrons. The molecule has 4 rings (SSSR count). The topological polar surface area (TPSA) is 46.9 Å². The van der Waals surface area contributed by atoms with Crippen molar-refractivity contribution in [3.8, 4) is 5.69 Å². The molecule has 2 aromatic carbocycles. The zero-order valence-corrected chi connectivity index (χ0v) is 15.4. The van der Waals surface area contributed by atoms with Crippen LogP contribution in [0, 0.1) is 0 Å². The van der Waals surface area contributed by atoms with Gasteiger partial charge in [0.25, 0.3) is 0 Å². The third kappa shape index (κ3) is 3.54. The second-order valence-electron chi connectivity index (χ2n) is 5.89. The Morgan fingerprint density at radius 3 is 2.81 bits per heavy atom. The Balaban J connectivity index is 1.63. The van der Waals surface area contributed by atoms with Crippen LogP contribution in [-0.4, -0.2) is 15.7 Å². The van der Waals surface area contributed by atoms with Crippen molar-refractivity contribution < 1.29 is 4.79 Å². The summed E-state index contributed by atoms with van der Waals surface area (Å²) in [5.74, 6) is 2.23. The van der Waals surface area contributed by atoms with Crippen LogP contribution in [0.1, 0.15) is 16.8 Å². The van der Waals surface area contributed by atoms with E-state index in [4.69, 9.17) is 11.6 Å². The van der Waals surface area contributed by atoms with Gasteiger partial charge in [-0.2, -0.15) is 16.9 Å². The maximum Gasteiger partial charge on any atom is 0.249 e. The van der Waals surface area contributed by atoms with Gasteiger partial charge < -0.3 is 5.32 Å². The molecule has 1 N–H and O–H groups in total. The zero-order valence-electron chi connectivity index (χ0n) is 13.9. The minimum Gasteiger partial charge on any atom is -0.307 e. The van der Waals surface area contributed by atoms with Crippen molar-refractivity contribution in [2.24, 2.45) is 0 Å². The molecule has 4 nitrogen and oxygen atoms in total. The van der Waals surface area contributed by atoms with Gasteiger partial charge in [0, 0.05) is 28.2 Å². The van der Waals surface area contributed by atoms with Gasteiger partial charge in [-0.05, 0) is 29.8 Å². The molecule has 0 saturated carbocycles. The lowest BCUT2D eigenvalue weighted by Crippen LogP contribution is -2.13. The summed E-state index contributed by atoms with van der Waals surface area (Å²) in [6.45, 7) is 0. The summed E-state index contributed by atoms with van der Waals surface area (Å²) in [7, 11) is 0. The Hall–Kier alpha value is -2.50. The normalized spacial score (nSPS) is 13.1. The number of carbonyl (C=O) groups excluding carboxylic acids is 1. The van der Waals surface area contributed by atoms with Gasteiger partial charge in [0.2, 0.25) is 5.91 Å². The molecule has 0 saturated heterocycles. The van der Waals surface area contributed by atoms with Gasteiger partial charge in [-0.3, -0.25) is 4.79 Å². The van der Waals surface area contributed by atoms with E-state index in [1.54, 1.807) is 28.6 Å². The second kappa shape index (κ2) is 7.40. The van der Waals surface area contributed by atoms with Crippen molar-refractivity contribution in [1.82, 2.24) is 9.78 Å². The maximum absolute atomic E-state index is 12.5. The number of nitrogens with zero attached hydrogens (tertiary/aromatic N) is 2. The quantitative estimate of drug-likeness (QED) is 0.652. The minimum atomic E-state index is -0.184. The molecule has 1 amide bonds. The smallest absolute Gasteiger partial charge is 0.249 e. The highest BCUT2D eigenvalue weighted by atomic mass is 35.5. The third-order valence-corrected chi connectivity index (χ3v) is 5.28. The highest BCUT2D eigenvalue weighted by Crippen LogP contribution is 2.36. The van der Waals surface area contributed by atoms with E-state index in [0.717, 1.165) is 39.8 Å². The first-order chi connectivity index (χ1) is 12.7. The predicted molar refractivity (Wildman–Crippen MR) is 108 cm³/mol.